The van der Waals surface area contributed by atoms with Gasteiger partial charge in [0.2, 0.25) is 5.91 Å². The molecule has 2 rings (SSSR count). The van der Waals surface area contributed by atoms with E-state index in [1.807, 2.05) is 36.4 Å². The zero-order valence-electron chi connectivity index (χ0n) is 18.3. The van der Waals surface area contributed by atoms with Gasteiger partial charge in [0, 0.05) is 13.5 Å². The maximum absolute atomic E-state index is 11.7. The van der Waals surface area contributed by atoms with Crippen LogP contribution in [0.4, 0.5) is 4.79 Å². The number of benzene rings is 2. The van der Waals surface area contributed by atoms with Crippen molar-refractivity contribution in [3.8, 4) is 0 Å². The van der Waals surface area contributed by atoms with Crippen molar-refractivity contribution in [3.63, 3.8) is 0 Å². The van der Waals surface area contributed by atoms with Gasteiger partial charge in [-0.1, -0.05) is 81.4 Å². The third-order valence-electron chi connectivity index (χ3n) is 5.26. The second kappa shape index (κ2) is 10.4. The number of hydrogen-bond acceptors (Lipinski definition) is 3. The molecule has 0 bridgehead atoms. The molecule has 0 spiro atoms. The third kappa shape index (κ3) is 5.70. The minimum Gasteiger partial charge on any atom is -0.405 e. The van der Waals surface area contributed by atoms with Crippen molar-refractivity contribution < 1.29 is 14.0 Å². The van der Waals surface area contributed by atoms with Crippen molar-refractivity contribution >= 4 is 30.6 Å². The van der Waals surface area contributed by atoms with Crippen LogP contribution in [0.25, 0.3) is 0 Å². The number of carbonyl (C=O) groups is 2. The first-order valence-electron chi connectivity index (χ1n) is 10.2. The third-order valence-corrected chi connectivity index (χ3v) is 10.3. The van der Waals surface area contributed by atoms with Crippen LogP contribution in [0.2, 0.25) is 5.04 Å². The molecule has 162 valence electrons. The molecule has 0 heterocycles. The van der Waals surface area contributed by atoms with Crippen molar-refractivity contribution in [2.45, 2.75) is 44.7 Å². The van der Waals surface area contributed by atoms with E-state index in [0.29, 0.717) is 6.42 Å². The Labute approximate surface area is 180 Å². The van der Waals surface area contributed by atoms with E-state index in [-0.39, 0.29) is 30.0 Å². The van der Waals surface area contributed by atoms with Gasteiger partial charge in [0.25, 0.3) is 8.32 Å². The van der Waals surface area contributed by atoms with Gasteiger partial charge in [-0.2, -0.15) is 0 Å². The molecular weight excluding hydrogens is 394 g/mol. The van der Waals surface area contributed by atoms with E-state index in [1.165, 1.54) is 0 Å². The highest BCUT2D eigenvalue weighted by Crippen LogP contribution is 2.36. The Morgan fingerprint density at radius 2 is 1.50 bits per heavy atom. The van der Waals surface area contributed by atoms with Crippen LogP contribution in [-0.2, 0) is 9.22 Å². The molecule has 1 unspecified atom stereocenters. The van der Waals surface area contributed by atoms with Crippen LogP contribution < -0.4 is 26.7 Å². The van der Waals surface area contributed by atoms with Gasteiger partial charge >= 0.3 is 6.03 Å². The molecule has 2 aromatic carbocycles. The predicted octanol–water partition coefficient (Wildman–Crippen LogP) is 2.13. The predicted molar refractivity (Wildman–Crippen MR) is 123 cm³/mol. The quantitative estimate of drug-likeness (QED) is 0.535. The van der Waals surface area contributed by atoms with Gasteiger partial charge in [-0.15, -0.1) is 0 Å². The molecular formula is C23H33N3O3Si. The van der Waals surface area contributed by atoms with Gasteiger partial charge in [-0.05, 0) is 21.8 Å². The number of rotatable bonds is 9. The molecule has 7 heteroatoms. The first-order chi connectivity index (χ1) is 14.2. The molecule has 0 saturated carbocycles. The van der Waals surface area contributed by atoms with Crippen LogP contribution in [0.5, 0.6) is 0 Å². The van der Waals surface area contributed by atoms with Crippen LogP contribution >= 0.6 is 0 Å². The lowest BCUT2D eigenvalue weighted by Gasteiger charge is -2.43. The molecule has 0 aromatic heterocycles. The van der Waals surface area contributed by atoms with E-state index < -0.39 is 14.3 Å². The summed E-state index contributed by atoms with van der Waals surface area (Å²) in [4.78, 5) is 23.3. The number of nitrogens with one attached hydrogen (secondary N) is 2. The van der Waals surface area contributed by atoms with E-state index in [4.69, 9.17) is 10.2 Å². The zero-order chi connectivity index (χ0) is 22.2. The minimum absolute atomic E-state index is 0.0864. The van der Waals surface area contributed by atoms with Gasteiger partial charge in [0.15, 0.2) is 0 Å². The summed E-state index contributed by atoms with van der Waals surface area (Å²) < 4.78 is 6.83. The summed E-state index contributed by atoms with van der Waals surface area (Å²) in [5.41, 5.74) is 5.38. The molecule has 3 amide bonds. The number of nitrogens with two attached hydrogens (primary N) is 1. The molecule has 4 N–H and O–H groups in total. The van der Waals surface area contributed by atoms with Crippen molar-refractivity contribution in [2.24, 2.45) is 5.73 Å². The second-order valence-corrected chi connectivity index (χ2v) is 12.7. The number of amides is 3. The number of primary amides is 1. The fourth-order valence-electron chi connectivity index (χ4n) is 3.82. The van der Waals surface area contributed by atoms with Gasteiger partial charge in [0.05, 0.1) is 12.6 Å². The lowest BCUT2D eigenvalue weighted by Crippen LogP contribution is -2.67. The Bertz CT molecular complexity index is 783. The smallest absolute Gasteiger partial charge is 0.312 e. The molecule has 2 aromatic rings. The van der Waals surface area contributed by atoms with Crippen molar-refractivity contribution in [3.05, 3.63) is 60.7 Å². The van der Waals surface area contributed by atoms with E-state index in [2.05, 4.69) is 55.7 Å². The normalized spacial score (nSPS) is 12.8. The summed E-state index contributed by atoms with van der Waals surface area (Å²) in [6.45, 7) is 6.86. The van der Waals surface area contributed by atoms with Crippen LogP contribution in [-0.4, -0.2) is 40.0 Å². The fourth-order valence-corrected chi connectivity index (χ4v) is 8.42. The Morgan fingerprint density at radius 1 is 1.00 bits per heavy atom. The molecule has 30 heavy (non-hydrogen) atoms. The van der Waals surface area contributed by atoms with Crippen LogP contribution in [0.15, 0.2) is 60.7 Å². The average Bonchev–Trinajstić information content (AvgIpc) is 2.72. The van der Waals surface area contributed by atoms with Crippen molar-refractivity contribution in [1.29, 1.82) is 0 Å². The van der Waals surface area contributed by atoms with Crippen LogP contribution in [0, 0.1) is 0 Å². The van der Waals surface area contributed by atoms with Gasteiger partial charge in [-0.3, -0.25) is 4.79 Å². The van der Waals surface area contributed by atoms with Crippen LogP contribution in [0.1, 0.15) is 33.6 Å². The molecule has 0 aliphatic carbocycles. The van der Waals surface area contributed by atoms with Crippen molar-refractivity contribution in [2.75, 3.05) is 13.7 Å². The Morgan fingerprint density at radius 3 is 1.90 bits per heavy atom. The first kappa shape index (κ1) is 23.6. The Hall–Kier alpha value is -2.64. The summed E-state index contributed by atoms with van der Waals surface area (Å²) in [5.74, 6) is -0.0864. The fraction of sp³-hybridized carbons (Fsp3) is 0.391. The first-order valence-corrected chi connectivity index (χ1v) is 12.1. The largest absolute Gasteiger partial charge is 0.405 e. The SMILES string of the molecule is CNC(=O)CCC(CO[Si](c1ccccc1)(c1ccccc1)C(C)(C)C)NC(N)=O. The highest BCUT2D eigenvalue weighted by atomic mass is 28.4. The maximum Gasteiger partial charge on any atom is 0.312 e. The summed E-state index contributed by atoms with van der Waals surface area (Å²) in [7, 11) is -1.13. The summed E-state index contributed by atoms with van der Waals surface area (Å²) in [5, 5.41) is 7.50. The Balaban J connectivity index is 2.43. The standard InChI is InChI=1S/C23H33N3O3Si/c1-23(2,3)30(19-11-7-5-8-12-19,20-13-9-6-10-14-20)29-17-18(26-22(24)28)15-16-21(27)25-4/h5-14,18H,15-17H2,1-4H3,(H,25,27)(H3,24,26,28). The van der Waals surface area contributed by atoms with Crippen LogP contribution in [0.3, 0.4) is 0 Å². The average molecular weight is 428 g/mol. The lowest BCUT2D eigenvalue weighted by atomic mass is 10.1. The minimum atomic E-state index is -2.72. The van der Waals surface area contributed by atoms with E-state index >= 15 is 0 Å². The molecule has 0 fully saturated rings. The summed E-state index contributed by atoms with van der Waals surface area (Å²) >= 11 is 0. The van der Waals surface area contributed by atoms with E-state index in [1.54, 1.807) is 7.05 Å². The van der Waals surface area contributed by atoms with E-state index in [9.17, 15) is 9.59 Å². The molecule has 6 nitrogen and oxygen atoms in total. The van der Waals surface area contributed by atoms with Gasteiger partial charge < -0.3 is 20.8 Å². The zero-order valence-corrected chi connectivity index (χ0v) is 19.3. The Kier molecular flexibility index (Phi) is 8.20. The highest BCUT2D eigenvalue weighted by molar-refractivity contribution is 6.99. The number of urea groups is 1. The molecule has 0 aliphatic heterocycles. The van der Waals surface area contributed by atoms with Gasteiger partial charge in [-0.25, -0.2) is 4.79 Å². The number of carbonyl (C=O) groups excluding carboxylic acids is 2. The lowest BCUT2D eigenvalue weighted by molar-refractivity contribution is -0.120. The molecule has 0 aliphatic rings. The molecule has 0 saturated heterocycles. The highest BCUT2D eigenvalue weighted by Gasteiger charge is 2.50. The topological polar surface area (TPSA) is 93.4 Å². The maximum atomic E-state index is 11.7. The summed E-state index contributed by atoms with van der Waals surface area (Å²) in [6.07, 6.45) is 0.729. The second-order valence-electron chi connectivity index (χ2n) is 8.39. The van der Waals surface area contributed by atoms with E-state index in [0.717, 1.165) is 10.4 Å². The number of hydrogen-bond donors (Lipinski definition) is 3. The van der Waals surface area contributed by atoms with Gasteiger partial charge in [0.1, 0.15) is 0 Å². The molecule has 0 radical (unpaired) electrons. The molecule has 1 atom stereocenters. The monoisotopic (exact) mass is 427 g/mol. The summed E-state index contributed by atoms with van der Waals surface area (Å²) in [6, 6.07) is 19.6. The van der Waals surface area contributed by atoms with Crippen molar-refractivity contribution in [1.82, 2.24) is 10.6 Å².